The smallest absolute Gasteiger partial charge is 0.173 e. The maximum Gasteiger partial charge on any atom is 0.173 e. The third-order valence-corrected chi connectivity index (χ3v) is 5.45. The van der Waals surface area contributed by atoms with Crippen molar-refractivity contribution < 1.29 is 0 Å². The average molecular weight is 326 g/mol. The summed E-state index contributed by atoms with van der Waals surface area (Å²) in [5, 5.41) is 12.9. The molecule has 1 aliphatic heterocycles. The minimum Gasteiger partial charge on any atom is -0.304 e. The topological polar surface area (TPSA) is 50.1 Å². The molecule has 4 rings (SSSR count). The first kappa shape index (κ1) is 15.7. The Hall–Kier alpha value is -1.79. The third kappa shape index (κ3) is 3.08. The van der Waals surface area contributed by atoms with Crippen molar-refractivity contribution in [1.29, 1.82) is 0 Å². The zero-order valence-corrected chi connectivity index (χ0v) is 14.4. The first-order valence-electron chi connectivity index (χ1n) is 9.08. The maximum atomic E-state index is 4.48. The van der Waals surface area contributed by atoms with Gasteiger partial charge in [0.1, 0.15) is 0 Å². The second-order valence-electron chi connectivity index (χ2n) is 7.07. The molecule has 128 valence electrons. The Balaban J connectivity index is 1.69. The molecular weight excluding hydrogens is 300 g/mol. The van der Waals surface area contributed by atoms with E-state index in [1.165, 1.54) is 31.2 Å². The lowest BCUT2D eigenvalue weighted by atomic mass is 10.0. The predicted molar refractivity (Wildman–Crippen MR) is 92.7 cm³/mol. The molecule has 0 spiro atoms. The molecule has 1 saturated heterocycles. The van der Waals surface area contributed by atoms with Gasteiger partial charge in [0, 0.05) is 26.2 Å². The molecule has 1 aromatic heterocycles. The molecule has 1 aliphatic carbocycles. The van der Waals surface area contributed by atoms with E-state index in [0.29, 0.717) is 6.04 Å². The van der Waals surface area contributed by atoms with Gasteiger partial charge in [-0.05, 0) is 35.9 Å². The Morgan fingerprint density at radius 3 is 2.42 bits per heavy atom. The van der Waals surface area contributed by atoms with Crippen LogP contribution in [-0.4, -0.2) is 63.2 Å². The van der Waals surface area contributed by atoms with Crippen LogP contribution in [0, 0.1) is 0 Å². The summed E-state index contributed by atoms with van der Waals surface area (Å²) in [6.45, 7) is 4.28. The highest BCUT2D eigenvalue weighted by molar-refractivity contribution is 5.25. The van der Waals surface area contributed by atoms with Crippen molar-refractivity contribution in [2.45, 2.75) is 37.8 Å². The largest absolute Gasteiger partial charge is 0.304 e. The van der Waals surface area contributed by atoms with Gasteiger partial charge in [-0.3, -0.25) is 4.90 Å². The normalized spacial score (nSPS) is 22.0. The Bertz CT molecular complexity index is 641. The van der Waals surface area contributed by atoms with Gasteiger partial charge in [-0.15, -0.1) is 5.10 Å². The molecular formula is C18H26N6. The summed E-state index contributed by atoms with van der Waals surface area (Å²) in [5.74, 6) is 1.01. The molecule has 1 saturated carbocycles. The van der Waals surface area contributed by atoms with Gasteiger partial charge in [-0.2, -0.15) is 0 Å². The summed E-state index contributed by atoms with van der Waals surface area (Å²) in [6.07, 6.45) is 4.97. The van der Waals surface area contributed by atoms with Crippen LogP contribution in [0.2, 0.25) is 0 Å². The predicted octanol–water partition coefficient (Wildman–Crippen LogP) is 2.12. The lowest BCUT2D eigenvalue weighted by molar-refractivity contribution is 0.120. The van der Waals surface area contributed by atoms with Gasteiger partial charge in [-0.1, -0.05) is 43.2 Å². The van der Waals surface area contributed by atoms with E-state index in [4.69, 9.17) is 0 Å². The molecule has 2 heterocycles. The number of aromatic nitrogens is 4. The SMILES string of the molecule is CN1CCN(C(c2ccccc2)c2nnnn2C2CCCC2)CC1. The number of nitrogens with zero attached hydrogens (tertiary/aromatic N) is 6. The Morgan fingerprint density at radius 1 is 1.00 bits per heavy atom. The van der Waals surface area contributed by atoms with Crippen LogP contribution in [-0.2, 0) is 0 Å². The molecule has 2 fully saturated rings. The lowest BCUT2D eigenvalue weighted by Gasteiger charge is -2.37. The van der Waals surface area contributed by atoms with Crippen molar-refractivity contribution in [2.24, 2.45) is 0 Å². The minimum absolute atomic E-state index is 0.149. The van der Waals surface area contributed by atoms with E-state index in [0.717, 1.165) is 32.0 Å². The quantitative estimate of drug-likeness (QED) is 0.861. The summed E-state index contributed by atoms with van der Waals surface area (Å²) in [7, 11) is 2.19. The number of rotatable bonds is 4. The van der Waals surface area contributed by atoms with Crippen molar-refractivity contribution in [3.8, 4) is 0 Å². The van der Waals surface area contributed by atoms with Crippen LogP contribution in [0.4, 0.5) is 0 Å². The number of benzene rings is 1. The van der Waals surface area contributed by atoms with Crippen molar-refractivity contribution in [1.82, 2.24) is 30.0 Å². The zero-order chi connectivity index (χ0) is 16.4. The number of tetrazole rings is 1. The van der Waals surface area contributed by atoms with Gasteiger partial charge in [0.05, 0.1) is 12.1 Å². The van der Waals surface area contributed by atoms with E-state index >= 15 is 0 Å². The highest BCUT2D eigenvalue weighted by atomic mass is 15.6. The van der Waals surface area contributed by atoms with E-state index in [1.54, 1.807) is 0 Å². The van der Waals surface area contributed by atoms with E-state index in [9.17, 15) is 0 Å². The molecule has 2 aromatic rings. The van der Waals surface area contributed by atoms with E-state index in [-0.39, 0.29) is 6.04 Å². The molecule has 0 N–H and O–H groups in total. The van der Waals surface area contributed by atoms with E-state index < -0.39 is 0 Å². The van der Waals surface area contributed by atoms with Crippen molar-refractivity contribution in [2.75, 3.05) is 33.2 Å². The fourth-order valence-electron chi connectivity index (χ4n) is 4.03. The lowest BCUT2D eigenvalue weighted by Crippen LogP contribution is -2.46. The fraction of sp³-hybridized carbons (Fsp3) is 0.611. The summed E-state index contributed by atoms with van der Waals surface area (Å²) in [4.78, 5) is 4.92. The molecule has 6 nitrogen and oxygen atoms in total. The molecule has 1 unspecified atom stereocenters. The second kappa shape index (κ2) is 6.99. The summed E-state index contributed by atoms with van der Waals surface area (Å²) in [6, 6.07) is 11.3. The fourth-order valence-corrected chi connectivity index (χ4v) is 4.03. The van der Waals surface area contributed by atoms with Crippen LogP contribution in [0.15, 0.2) is 30.3 Å². The zero-order valence-electron chi connectivity index (χ0n) is 14.4. The highest BCUT2D eigenvalue weighted by Gasteiger charge is 2.32. The molecule has 2 aliphatic rings. The van der Waals surface area contributed by atoms with Crippen LogP contribution in [0.1, 0.15) is 49.2 Å². The van der Waals surface area contributed by atoms with Crippen LogP contribution < -0.4 is 0 Å². The Morgan fingerprint density at radius 2 is 1.71 bits per heavy atom. The van der Waals surface area contributed by atoms with Gasteiger partial charge in [0.25, 0.3) is 0 Å². The third-order valence-electron chi connectivity index (χ3n) is 5.45. The molecule has 0 bridgehead atoms. The number of piperazine rings is 1. The minimum atomic E-state index is 0.149. The average Bonchev–Trinajstić information content (AvgIpc) is 3.29. The summed E-state index contributed by atoms with van der Waals surface area (Å²) < 4.78 is 2.11. The molecule has 0 amide bonds. The van der Waals surface area contributed by atoms with Gasteiger partial charge < -0.3 is 4.90 Å². The monoisotopic (exact) mass is 326 g/mol. The first-order valence-corrected chi connectivity index (χ1v) is 9.08. The standard InChI is InChI=1S/C18H26N6/c1-22-11-13-23(14-12-22)17(15-7-3-2-4-8-15)18-19-20-21-24(18)16-9-5-6-10-16/h2-4,7-8,16-17H,5-6,9-14H2,1H3. The number of hydrogen-bond acceptors (Lipinski definition) is 5. The van der Waals surface area contributed by atoms with E-state index in [1.807, 2.05) is 0 Å². The highest BCUT2D eigenvalue weighted by Crippen LogP contribution is 2.34. The van der Waals surface area contributed by atoms with Crippen molar-refractivity contribution in [3.63, 3.8) is 0 Å². The Kier molecular flexibility index (Phi) is 4.58. The first-order chi connectivity index (χ1) is 11.8. The number of likely N-dealkylation sites (N-methyl/N-ethyl adjacent to an activating group) is 1. The summed E-state index contributed by atoms with van der Waals surface area (Å²) >= 11 is 0. The van der Waals surface area contributed by atoms with Gasteiger partial charge in [0.2, 0.25) is 0 Å². The molecule has 0 radical (unpaired) electrons. The van der Waals surface area contributed by atoms with Crippen molar-refractivity contribution in [3.05, 3.63) is 41.7 Å². The molecule has 1 aromatic carbocycles. The van der Waals surface area contributed by atoms with Crippen LogP contribution in [0.5, 0.6) is 0 Å². The maximum absolute atomic E-state index is 4.48. The van der Waals surface area contributed by atoms with Gasteiger partial charge >= 0.3 is 0 Å². The van der Waals surface area contributed by atoms with Crippen LogP contribution in [0.25, 0.3) is 0 Å². The summed E-state index contributed by atoms with van der Waals surface area (Å²) in [5.41, 5.74) is 1.29. The van der Waals surface area contributed by atoms with E-state index in [2.05, 4.69) is 67.4 Å². The van der Waals surface area contributed by atoms with Crippen molar-refractivity contribution >= 4 is 0 Å². The van der Waals surface area contributed by atoms with Gasteiger partial charge in [-0.25, -0.2) is 4.68 Å². The van der Waals surface area contributed by atoms with Crippen LogP contribution in [0.3, 0.4) is 0 Å². The molecule has 1 atom stereocenters. The van der Waals surface area contributed by atoms with Crippen LogP contribution >= 0.6 is 0 Å². The Labute approximate surface area is 143 Å². The van der Waals surface area contributed by atoms with Gasteiger partial charge in [0.15, 0.2) is 5.82 Å². The molecule has 6 heteroatoms. The number of hydrogen-bond donors (Lipinski definition) is 0. The molecule has 24 heavy (non-hydrogen) atoms. The second-order valence-corrected chi connectivity index (χ2v) is 7.07.